The Bertz CT molecular complexity index is 406. The van der Waals surface area contributed by atoms with Crippen molar-refractivity contribution in [1.29, 1.82) is 0 Å². The van der Waals surface area contributed by atoms with Gasteiger partial charge in [-0.1, -0.05) is 12.1 Å². The van der Waals surface area contributed by atoms with Gasteiger partial charge in [0.1, 0.15) is 0 Å². The number of rotatable bonds is 8. The molecule has 6 heteroatoms. The van der Waals surface area contributed by atoms with Crippen LogP contribution in [-0.4, -0.2) is 31.8 Å². The standard InChI is InChI=1S/C15H24N2O3.ClH/c1-11(2)20-10-12-4-6-13(7-5-12)17-15(18)8-14(9-16)19-3;/h4-7,11,14H,8-10,16H2,1-3H3,(H,17,18);1H. The average Bonchev–Trinajstić information content (AvgIpc) is 2.44. The molecule has 0 saturated carbocycles. The van der Waals surface area contributed by atoms with E-state index in [0.29, 0.717) is 13.2 Å². The second kappa shape index (κ2) is 10.6. The molecular weight excluding hydrogens is 292 g/mol. The first-order valence-corrected chi connectivity index (χ1v) is 6.78. The van der Waals surface area contributed by atoms with Crippen LogP contribution in [0.2, 0.25) is 0 Å². The molecule has 5 nitrogen and oxygen atoms in total. The molecule has 1 rings (SSSR count). The van der Waals surface area contributed by atoms with Crippen LogP contribution >= 0.6 is 12.4 Å². The molecule has 0 aromatic heterocycles. The molecule has 1 amide bonds. The zero-order valence-corrected chi connectivity index (χ0v) is 13.6. The number of amides is 1. The largest absolute Gasteiger partial charge is 0.380 e. The number of hydrogen-bond donors (Lipinski definition) is 2. The highest BCUT2D eigenvalue weighted by atomic mass is 35.5. The fourth-order valence-electron chi connectivity index (χ4n) is 1.63. The molecule has 0 saturated heterocycles. The maximum absolute atomic E-state index is 11.8. The van der Waals surface area contributed by atoms with Crippen LogP contribution in [0.25, 0.3) is 0 Å². The molecule has 0 spiro atoms. The Labute approximate surface area is 132 Å². The van der Waals surface area contributed by atoms with Gasteiger partial charge in [0.15, 0.2) is 0 Å². The third kappa shape index (κ3) is 8.02. The number of benzene rings is 1. The van der Waals surface area contributed by atoms with Gasteiger partial charge in [0.2, 0.25) is 5.91 Å². The zero-order chi connectivity index (χ0) is 15.0. The number of hydrogen-bond acceptors (Lipinski definition) is 4. The van der Waals surface area contributed by atoms with Gasteiger partial charge in [0.05, 0.1) is 25.2 Å². The van der Waals surface area contributed by atoms with Crippen LogP contribution in [0.15, 0.2) is 24.3 Å². The van der Waals surface area contributed by atoms with Crippen molar-refractivity contribution >= 4 is 24.0 Å². The lowest BCUT2D eigenvalue weighted by atomic mass is 10.2. The van der Waals surface area contributed by atoms with E-state index in [4.69, 9.17) is 15.2 Å². The van der Waals surface area contributed by atoms with E-state index < -0.39 is 0 Å². The Balaban J connectivity index is 0.00000400. The van der Waals surface area contributed by atoms with Crippen molar-refractivity contribution in [2.75, 3.05) is 19.0 Å². The SMILES string of the molecule is COC(CN)CC(=O)Nc1ccc(COC(C)C)cc1.Cl. The quantitative estimate of drug-likeness (QED) is 0.772. The second-order valence-electron chi connectivity index (χ2n) is 4.90. The molecule has 1 atom stereocenters. The van der Waals surface area contributed by atoms with Crippen LogP contribution in [0, 0.1) is 0 Å². The molecule has 0 bridgehead atoms. The van der Waals surface area contributed by atoms with Crippen LogP contribution < -0.4 is 11.1 Å². The van der Waals surface area contributed by atoms with E-state index in [9.17, 15) is 4.79 Å². The Hall–Kier alpha value is -1.14. The summed E-state index contributed by atoms with van der Waals surface area (Å²) in [6.07, 6.45) is 0.218. The van der Waals surface area contributed by atoms with E-state index in [1.807, 2.05) is 38.1 Å². The van der Waals surface area contributed by atoms with Crippen molar-refractivity contribution in [2.24, 2.45) is 5.73 Å². The first-order valence-electron chi connectivity index (χ1n) is 6.78. The minimum atomic E-state index is -0.242. The molecule has 0 aliphatic heterocycles. The summed E-state index contributed by atoms with van der Waals surface area (Å²) >= 11 is 0. The van der Waals surface area contributed by atoms with Crippen molar-refractivity contribution in [3.8, 4) is 0 Å². The topological polar surface area (TPSA) is 73.6 Å². The summed E-state index contributed by atoms with van der Waals surface area (Å²) < 4.78 is 10.6. The molecule has 120 valence electrons. The highest BCUT2D eigenvalue weighted by Gasteiger charge is 2.11. The van der Waals surface area contributed by atoms with Gasteiger partial charge >= 0.3 is 0 Å². The number of nitrogens with two attached hydrogens (primary N) is 1. The maximum Gasteiger partial charge on any atom is 0.227 e. The van der Waals surface area contributed by atoms with Crippen molar-refractivity contribution in [2.45, 2.75) is 39.1 Å². The highest BCUT2D eigenvalue weighted by molar-refractivity contribution is 5.91. The molecule has 0 fully saturated rings. The Morgan fingerprint density at radius 3 is 2.38 bits per heavy atom. The third-order valence-electron chi connectivity index (χ3n) is 2.83. The summed E-state index contributed by atoms with van der Waals surface area (Å²) in [7, 11) is 1.55. The van der Waals surface area contributed by atoms with Crippen LogP contribution in [0.4, 0.5) is 5.69 Å². The van der Waals surface area contributed by atoms with Crippen LogP contribution in [0.5, 0.6) is 0 Å². The van der Waals surface area contributed by atoms with Gasteiger partial charge in [0.25, 0.3) is 0 Å². The molecular formula is C15H25ClN2O3. The Kier molecular flexibility index (Phi) is 9.99. The summed E-state index contributed by atoms with van der Waals surface area (Å²) in [4.78, 5) is 11.8. The maximum atomic E-state index is 11.8. The van der Waals surface area contributed by atoms with Crippen LogP contribution in [0.1, 0.15) is 25.8 Å². The minimum Gasteiger partial charge on any atom is -0.380 e. The summed E-state index contributed by atoms with van der Waals surface area (Å²) in [5.74, 6) is -0.103. The number of anilines is 1. The summed E-state index contributed by atoms with van der Waals surface area (Å²) in [6.45, 7) is 4.90. The van der Waals surface area contributed by atoms with Gasteiger partial charge in [-0.3, -0.25) is 4.79 Å². The molecule has 1 aromatic carbocycles. The van der Waals surface area contributed by atoms with Gasteiger partial charge in [-0.05, 0) is 31.5 Å². The lowest BCUT2D eigenvalue weighted by Gasteiger charge is -2.13. The smallest absolute Gasteiger partial charge is 0.227 e. The molecule has 0 aliphatic rings. The minimum absolute atomic E-state index is 0. The number of carbonyl (C=O) groups is 1. The van der Waals surface area contributed by atoms with E-state index in [-0.39, 0.29) is 36.9 Å². The number of nitrogens with one attached hydrogen (secondary N) is 1. The third-order valence-corrected chi connectivity index (χ3v) is 2.83. The molecule has 21 heavy (non-hydrogen) atoms. The fraction of sp³-hybridized carbons (Fsp3) is 0.533. The zero-order valence-electron chi connectivity index (χ0n) is 12.8. The summed E-state index contributed by atoms with van der Waals surface area (Å²) in [5, 5.41) is 2.82. The van der Waals surface area contributed by atoms with Gasteiger partial charge in [-0.25, -0.2) is 0 Å². The van der Waals surface area contributed by atoms with Crippen molar-refractivity contribution in [1.82, 2.24) is 0 Å². The summed E-state index contributed by atoms with van der Waals surface area (Å²) in [5.41, 5.74) is 7.32. The Morgan fingerprint density at radius 2 is 1.90 bits per heavy atom. The summed E-state index contributed by atoms with van der Waals surface area (Å²) in [6, 6.07) is 7.60. The van der Waals surface area contributed by atoms with E-state index in [0.717, 1.165) is 11.3 Å². The molecule has 3 N–H and O–H groups in total. The molecule has 0 heterocycles. The first-order chi connectivity index (χ1) is 9.55. The average molecular weight is 317 g/mol. The van der Waals surface area contributed by atoms with E-state index >= 15 is 0 Å². The number of ether oxygens (including phenoxy) is 2. The van der Waals surface area contributed by atoms with Crippen molar-refractivity contribution in [3.63, 3.8) is 0 Å². The monoisotopic (exact) mass is 316 g/mol. The lowest BCUT2D eigenvalue weighted by molar-refractivity contribution is -0.118. The first kappa shape index (κ1) is 19.9. The predicted molar refractivity (Wildman–Crippen MR) is 86.7 cm³/mol. The van der Waals surface area contributed by atoms with Gasteiger partial charge in [-0.15, -0.1) is 12.4 Å². The van der Waals surface area contributed by atoms with Crippen LogP contribution in [-0.2, 0) is 20.9 Å². The van der Waals surface area contributed by atoms with Crippen molar-refractivity contribution in [3.05, 3.63) is 29.8 Å². The lowest BCUT2D eigenvalue weighted by Crippen LogP contribution is -2.28. The predicted octanol–water partition coefficient (Wildman–Crippen LogP) is 2.34. The molecule has 1 aromatic rings. The van der Waals surface area contributed by atoms with Gasteiger partial charge < -0.3 is 20.5 Å². The van der Waals surface area contributed by atoms with Crippen LogP contribution in [0.3, 0.4) is 0 Å². The molecule has 1 unspecified atom stereocenters. The van der Waals surface area contributed by atoms with Crippen molar-refractivity contribution < 1.29 is 14.3 Å². The number of carbonyl (C=O) groups excluding carboxylic acids is 1. The van der Waals surface area contributed by atoms with E-state index in [1.165, 1.54) is 0 Å². The number of methoxy groups -OCH3 is 1. The van der Waals surface area contributed by atoms with E-state index in [2.05, 4.69) is 5.32 Å². The van der Waals surface area contributed by atoms with Gasteiger partial charge in [-0.2, -0.15) is 0 Å². The second-order valence-corrected chi connectivity index (χ2v) is 4.90. The fourth-order valence-corrected chi connectivity index (χ4v) is 1.63. The molecule has 0 aliphatic carbocycles. The van der Waals surface area contributed by atoms with E-state index in [1.54, 1.807) is 7.11 Å². The number of halogens is 1. The Morgan fingerprint density at radius 1 is 1.29 bits per heavy atom. The van der Waals surface area contributed by atoms with Gasteiger partial charge in [0, 0.05) is 19.3 Å². The normalized spacial score (nSPS) is 11.9. The molecule has 0 radical (unpaired) electrons. The highest BCUT2D eigenvalue weighted by Crippen LogP contribution is 2.12.